The number of hydrogen-bond donors (Lipinski definition) is 0. The Balaban J connectivity index is 2.37. The molecule has 1 aliphatic heterocycles. The Hall–Kier alpha value is -1.81. The van der Waals surface area contributed by atoms with Gasteiger partial charge in [-0.15, -0.1) is 0 Å². The SMILES string of the molecule is CC(C)(C)C1(C)OC(=O)C(=Cc2ccccc2Cl)C(=O)O1. The minimum absolute atomic E-state index is 0.162. The number of rotatable bonds is 1. The summed E-state index contributed by atoms with van der Waals surface area (Å²) in [6, 6.07) is 6.90. The molecular weight excluding hydrogens is 292 g/mol. The van der Waals surface area contributed by atoms with E-state index in [9.17, 15) is 9.59 Å². The maximum atomic E-state index is 12.1. The second-order valence-corrected chi connectivity index (χ2v) is 6.46. The van der Waals surface area contributed by atoms with Crippen LogP contribution in [0.2, 0.25) is 5.02 Å². The van der Waals surface area contributed by atoms with Gasteiger partial charge in [0.25, 0.3) is 5.79 Å². The zero-order valence-corrected chi connectivity index (χ0v) is 13.2. The van der Waals surface area contributed by atoms with E-state index in [-0.39, 0.29) is 5.57 Å². The molecule has 0 atom stereocenters. The molecule has 0 aromatic heterocycles. The molecule has 1 fully saturated rings. The lowest BCUT2D eigenvalue weighted by Crippen LogP contribution is -2.52. The number of esters is 2. The van der Waals surface area contributed by atoms with Gasteiger partial charge in [-0.2, -0.15) is 0 Å². The van der Waals surface area contributed by atoms with Gasteiger partial charge in [0.2, 0.25) is 0 Å². The molecule has 21 heavy (non-hydrogen) atoms. The molecule has 0 saturated carbocycles. The fourth-order valence-corrected chi connectivity index (χ4v) is 1.93. The van der Waals surface area contributed by atoms with Crippen molar-refractivity contribution in [2.45, 2.75) is 33.5 Å². The molecule has 2 rings (SSSR count). The molecule has 0 amide bonds. The maximum Gasteiger partial charge on any atom is 0.348 e. The summed E-state index contributed by atoms with van der Waals surface area (Å²) in [6.45, 7) is 7.07. The van der Waals surface area contributed by atoms with E-state index in [4.69, 9.17) is 21.1 Å². The van der Waals surface area contributed by atoms with Gasteiger partial charge in [0, 0.05) is 17.4 Å². The van der Waals surface area contributed by atoms with Crippen molar-refractivity contribution < 1.29 is 19.1 Å². The molecule has 112 valence electrons. The van der Waals surface area contributed by atoms with Crippen LogP contribution in [-0.2, 0) is 19.1 Å². The molecule has 1 aliphatic rings. The van der Waals surface area contributed by atoms with Gasteiger partial charge in [-0.05, 0) is 17.7 Å². The Labute approximate surface area is 128 Å². The first kappa shape index (κ1) is 15.6. The van der Waals surface area contributed by atoms with Crippen LogP contribution in [0.1, 0.15) is 33.3 Å². The van der Waals surface area contributed by atoms with Crippen LogP contribution >= 0.6 is 11.6 Å². The quantitative estimate of drug-likeness (QED) is 0.452. The number of hydrogen-bond acceptors (Lipinski definition) is 4. The second-order valence-electron chi connectivity index (χ2n) is 6.05. The van der Waals surface area contributed by atoms with Crippen molar-refractivity contribution >= 4 is 29.6 Å². The highest BCUT2D eigenvalue weighted by Gasteiger charge is 2.50. The summed E-state index contributed by atoms with van der Waals surface area (Å²) in [5, 5.41) is 0.440. The summed E-state index contributed by atoms with van der Waals surface area (Å²) in [4.78, 5) is 24.3. The van der Waals surface area contributed by atoms with Crippen molar-refractivity contribution in [1.82, 2.24) is 0 Å². The van der Waals surface area contributed by atoms with E-state index in [0.29, 0.717) is 10.6 Å². The fourth-order valence-electron chi connectivity index (χ4n) is 1.74. The topological polar surface area (TPSA) is 52.6 Å². The summed E-state index contributed by atoms with van der Waals surface area (Å²) in [6.07, 6.45) is 1.38. The Morgan fingerprint density at radius 3 is 2.10 bits per heavy atom. The highest BCUT2D eigenvalue weighted by Crippen LogP contribution is 2.39. The largest absolute Gasteiger partial charge is 0.418 e. The first-order valence-electron chi connectivity index (χ1n) is 6.57. The number of benzene rings is 1. The standard InChI is InChI=1S/C16H17ClO4/c1-15(2,3)16(4)20-13(18)11(14(19)21-16)9-10-7-5-6-8-12(10)17/h5-9H,1-4H3. The molecule has 0 spiro atoms. The summed E-state index contributed by atoms with van der Waals surface area (Å²) in [7, 11) is 0. The highest BCUT2D eigenvalue weighted by atomic mass is 35.5. The Morgan fingerprint density at radius 2 is 1.62 bits per heavy atom. The first-order chi connectivity index (χ1) is 9.64. The molecule has 0 unspecified atom stereocenters. The van der Waals surface area contributed by atoms with Gasteiger partial charge >= 0.3 is 11.9 Å². The zero-order valence-electron chi connectivity index (χ0n) is 12.4. The van der Waals surface area contributed by atoms with Crippen LogP contribution in [0, 0.1) is 5.41 Å². The minimum Gasteiger partial charge on any atom is -0.418 e. The summed E-state index contributed by atoms with van der Waals surface area (Å²) >= 11 is 6.02. The van der Waals surface area contributed by atoms with Crippen molar-refractivity contribution in [1.29, 1.82) is 0 Å². The molecular formula is C16H17ClO4. The third kappa shape index (κ3) is 2.95. The van der Waals surface area contributed by atoms with E-state index in [0.717, 1.165) is 0 Å². The van der Waals surface area contributed by atoms with Gasteiger partial charge in [0.1, 0.15) is 5.57 Å². The molecule has 0 N–H and O–H groups in total. The number of ether oxygens (including phenoxy) is 2. The van der Waals surface area contributed by atoms with Crippen LogP contribution < -0.4 is 0 Å². The monoisotopic (exact) mass is 308 g/mol. The lowest BCUT2D eigenvalue weighted by molar-refractivity contribution is -0.261. The smallest absolute Gasteiger partial charge is 0.348 e. The minimum atomic E-state index is -1.29. The fraction of sp³-hybridized carbons (Fsp3) is 0.375. The van der Waals surface area contributed by atoms with E-state index in [1.165, 1.54) is 6.08 Å². The molecule has 5 heteroatoms. The molecule has 1 heterocycles. The average Bonchev–Trinajstić information content (AvgIpc) is 2.34. The summed E-state index contributed by atoms with van der Waals surface area (Å²) < 4.78 is 10.7. The normalized spacial score (nSPS) is 22.6. The van der Waals surface area contributed by atoms with Crippen LogP contribution in [0.25, 0.3) is 6.08 Å². The van der Waals surface area contributed by atoms with E-state index in [1.54, 1.807) is 31.2 Å². The van der Waals surface area contributed by atoms with Crippen molar-refractivity contribution in [3.8, 4) is 0 Å². The van der Waals surface area contributed by atoms with Crippen molar-refractivity contribution in [2.24, 2.45) is 5.41 Å². The van der Waals surface area contributed by atoms with Gasteiger partial charge in [-0.25, -0.2) is 9.59 Å². The average molecular weight is 309 g/mol. The predicted octanol–water partition coefficient (Wildman–Crippen LogP) is 3.59. The van der Waals surface area contributed by atoms with Gasteiger partial charge in [0.15, 0.2) is 0 Å². The first-order valence-corrected chi connectivity index (χ1v) is 6.95. The summed E-state index contributed by atoms with van der Waals surface area (Å²) in [5.41, 5.74) is -0.138. The van der Waals surface area contributed by atoms with Gasteiger partial charge in [-0.3, -0.25) is 0 Å². The van der Waals surface area contributed by atoms with E-state index in [1.807, 2.05) is 20.8 Å². The predicted molar refractivity (Wildman–Crippen MR) is 79.5 cm³/mol. The molecule has 0 radical (unpaired) electrons. The third-order valence-corrected chi connectivity index (χ3v) is 3.93. The van der Waals surface area contributed by atoms with Crippen molar-refractivity contribution in [3.05, 3.63) is 40.4 Å². The number of halogens is 1. The highest BCUT2D eigenvalue weighted by molar-refractivity contribution is 6.32. The maximum absolute atomic E-state index is 12.1. The van der Waals surface area contributed by atoms with Gasteiger partial charge in [-0.1, -0.05) is 50.6 Å². The van der Waals surface area contributed by atoms with Crippen LogP contribution in [0.5, 0.6) is 0 Å². The molecule has 1 saturated heterocycles. The van der Waals surface area contributed by atoms with Gasteiger partial charge < -0.3 is 9.47 Å². The molecule has 0 bridgehead atoms. The van der Waals surface area contributed by atoms with Crippen LogP contribution in [-0.4, -0.2) is 17.7 Å². The Morgan fingerprint density at radius 1 is 1.10 bits per heavy atom. The molecule has 1 aromatic rings. The Kier molecular flexibility index (Phi) is 3.85. The van der Waals surface area contributed by atoms with Gasteiger partial charge in [0.05, 0.1) is 0 Å². The number of carbonyl (C=O) groups excluding carboxylic acids is 2. The van der Waals surface area contributed by atoms with Crippen LogP contribution in [0.4, 0.5) is 0 Å². The second kappa shape index (κ2) is 5.19. The third-order valence-electron chi connectivity index (χ3n) is 3.58. The van der Waals surface area contributed by atoms with E-state index in [2.05, 4.69) is 0 Å². The zero-order chi connectivity index (χ0) is 15.8. The lowest BCUT2D eigenvalue weighted by Gasteiger charge is -2.42. The van der Waals surface area contributed by atoms with Crippen molar-refractivity contribution in [2.75, 3.05) is 0 Å². The lowest BCUT2D eigenvalue weighted by atomic mass is 9.85. The number of carbonyl (C=O) groups is 2. The van der Waals surface area contributed by atoms with Crippen LogP contribution in [0.3, 0.4) is 0 Å². The van der Waals surface area contributed by atoms with Crippen LogP contribution in [0.15, 0.2) is 29.8 Å². The van der Waals surface area contributed by atoms with E-state index >= 15 is 0 Å². The van der Waals surface area contributed by atoms with Crippen molar-refractivity contribution in [3.63, 3.8) is 0 Å². The molecule has 1 aromatic carbocycles. The molecule has 4 nitrogen and oxygen atoms in total. The summed E-state index contributed by atoms with van der Waals surface area (Å²) in [5.74, 6) is -2.70. The Bertz CT molecular complexity index is 605. The van der Waals surface area contributed by atoms with E-state index < -0.39 is 23.1 Å². The number of cyclic esters (lactones) is 2. The molecule has 0 aliphatic carbocycles.